The molecule has 0 bridgehead atoms. The van der Waals surface area contributed by atoms with Gasteiger partial charge in [0.1, 0.15) is 0 Å². The van der Waals surface area contributed by atoms with Crippen LogP contribution in [0.1, 0.15) is 6.42 Å². The molecule has 1 heterocycles. The van der Waals surface area contributed by atoms with E-state index in [1.54, 1.807) is 29.2 Å². The molecule has 7 heteroatoms. The van der Waals surface area contributed by atoms with Gasteiger partial charge in [0.25, 0.3) is 0 Å². The maximum Gasteiger partial charge on any atom is 0.229 e. The van der Waals surface area contributed by atoms with Crippen molar-refractivity contribution in [2.24, 2.45) is 0 Å². The lowest BCUT2D eigenvalue weighted by molar-refractivity contribution is -0.117. The minimum Gasteiger partial charge on any atom is -0.311 e. The van der Waals surface area contributed by atoms with Crippen LogP contribution >= 0.6 is 12.6 Å². The summed E-state index contributed by atoms with van der Waals surface area (Å²) in [5.41, 5.74) is 1.13. The Kier molecular flexibility index (Phi) is 3.54. The molecule has 0 saturated carbocycles. The topological polar surface area (TPSA) is 66.5 Å². The SMILES string of the molecule is CS(=O)(=O)Nc1cccc(N2CC(S)CC2=O)c1. The van der Waals surface area contributed by atoms with E-state index in [2.05, 4.69) is 17.4 Å². The molecule has 1 aliphatic heterocycles. The molecule has 1 unspecified atom stereocenters. The summed E-state index contributed by atoms with van der Waals surface area (Å²) in [6.45, 7) is 0.546. The number of anilines is 2. The number of hydrogen-bond donors (Lipinski definition) is 2. The Morgan fingerprint density at radius 2 is 2.17 bits per heavy atom. The molecular formula is C11H14N2O3S2. The van der Waals surface area contributed by atoms with Crippen LogP contribution in [-0.4, -0.2) is 32.4 Å². The van der Waals surface area contributed by atoms with Crippen LogP contribution in [0.3, 0.4) is 0 Å². The molecule has 0 aliphatic carbocycles. The van der Waals surface area contributed by atoms with Gasteiger partial charge < -0.3 is 4.90 Å². The Hall–Kier alpha value is -1.21. The van der Waals surface area contributed by atoms with Crippen LogP contribution in [0.5, 0.6) is 0 Å². The zero-order valence-electron chi connectivity index (χ0n) is 9.83. The molecule has 98 valence electrons. The second-order valence-electron chi connectivity index (χ2n) is 4.29. The van der Waals surface area contributed by atoms with Gasteiger partial charge in [0, 0.05) is 23.9 Å². The van der Waals surface area contributed by atoms with Crippen molar-refractivity contribution in [2.75, 3.05) is 22.4 Å². The predicted molar refractivity (Wildman–Crippen MR) is 74.7 cm³/mol. The number of carbonyl (C=O) groups is 1. The van der Waals surface area contributed by atoms with Gasteiger partial charge in [-0.05, 0) is 18.2 Å². The fraction of sp³-hybridized carbons (Fsp3) is 0.364. The molecule has 1 aliphatic rings. The van der Waals surface area contributed by atoms with Crippen LogP contribution in [-0.2, 0) is 14.8 Å². The van der Waals surface area contributed by atoms with Crippen molar-refractivity contribution in [1.82, 2.24) is 0 Å². The highest BCUT2D eigenvalue weighted by atomic mass is 32.2. The monoisotopic (exact) mass is 286 g/mol. The Labute approximate surface area is 112 Å². The lowest BCUT2D eigenvalue weighted by Gasteiger charge is -2.17. The highest BCUT2D eigenvalue weighted by molar-refractivity contribution is 7.92. The number of nitrogens with zero attached hydrogens (tertiary/aromatic N) is 1. The maximum atomic E-state index is 11.7. The van der Waals surface area contributed by atoms with E-state index in [-0.39, 0.29) is 11.2 Å². The zero-order chi connectivity index (χ0) is 13.3. The summed E-state index contributed by atoms with van der Waals surface area (Å²) in [6.07, 6.45) is 1.50. The van der Waals surface area contributed by atoms with Crippen LogP contribution in [0, 0.1) is 0 Å². The van der Waals surface area contributed by atoms with Gasteiger partial charge in [-0.2, -0.15) is 12.6 Å². The number of amides is 1. The zero-order valence-corrected chi connectivity index (χ0v) is 11.5. The minimum absolute atomic E-state index is 0.00602. The van der Waals surface area contributed by atoms with Gasteiger partial charge in [-0.1, -0.05) is 6.07 Å². The summed E-state index contributed by atoms with van der Waals surface area (Å²) in [5, 5.41) is 0.0315. The van der Waals surface area contributed by atoms with Gasteiger partial charge in [-0.3, -0.25) is 9.52 Å². The third-order valence-corrected chi connectivity index (χ3v) is 3.52. The first-order chi connectivity index (χ1) is 8.35. The summed E-state index contributed by atoms with van der Waals surface area (Å²) in [6, 6.07) is 6.77. The number of hydrogen-bond acceptors (Lipinski definition) is 4. The molecule has 1 saturated heterocycles. The Morgan fingerprint density at radius 1 is 1.44 bits per heavy atom. The van der Waals surface area contributed by atoms with E-state index in [9.17, 15) is 13.2 Å². The number of carbonyl (C=O) groups excluding carboxylic acids is 1. The summed E-state index contributed by atoms with van der Waals surface area (Å²) in [5.74, 6) is 0.00602. The van der Waals surface area contributed by atoms with Crippen molar-refractivity contribution in [3.63, 3.8) is 0 Å². The average molecular weight is 286 g/mol. The predicted octanol–water partition coefficient (Wildman–Crippen LogP) is 1.09. The van der Waals surface area contributed by atoms with Crippen LogP contribution in [0.4, 0.5) is 11.4 Å². The van der Waals surface area contributed by atoms with E-state index in [1.807, 2.05) is 0 Å². The summed E-state index contributed by atoms with van der Waals surface area (Å²) in [7, 11) is -3.31. The number of sulfonamides is 1. The molecule has 1 amide bonds. The molecular weight excluding hydrogens is 272 g/mol. The Morgan fingerprint density at radius 3 is 2.72 bits per heavy atom. The molecule has 1 fully saturated rings. The van der Waals surface area contributed by atoms with Crippen molar-refractivity contribution < 1.29 is 13.2 Å². The van der Waals surface area contributed by atoms with Crippen LogP contribution in [0.25, 0.3) is 0 Å². The molecule has 0 aromatic heterocycles. The second-order valence-corrected chi connectivity index (χ2v) is 6.77. The van der Waals surface area contributed by atoms with E-state index in [0.717, 1.165) is 6.26 Å². The van der Waals surface area contributed by atoms with Gasteiger partial charge in [0.05, 0.1) is 11.9 Å². The van der Waals surface area contributed by atoms with Crippen molar-refractivity contribution in [2.45, 2.75) is 11.7 Å². The molecule has 18 heavy (non-hydrogen) atoms. The highest BCUT2D eigenvalue weighted by Crippen LogP contribution is 2.26. The Bertz CT molecular complexity index is 571. The molecule has 5 nitrogen and oxygen atoms in total. The molecule has 1 atom stereocenters. The maximum absolute atomic E-state index is 11.7. The normalized spacial score (nSPS) is 20.2. The number of rotatable bonds is 3. The van der Waals surface area contributed by atoms with Crippen molar-refractivity contribution in [1.29, 1.82) is 0 Å². The minimum atomic E-state index is -3.31. The summed E-state index contributed by atoms with van der Waals surface area (Å²) >= 11 is 4.28. The summed E-state index contributed by atoms with van der Waals surface area (Å²) in [4.78, 5) is 13.3. The first kappa shape index (κ1) is 13.2. The van der Waals surface area contributed by atoms with Gasteiger partial charge in [-0.25, -0.2) is 8.42 Å². The third-order valence-electron chi connectivity index (χ3n) is 2.57. The van der Waals surface area contributed by atoms with Gasteiger partial charge in [-0.15, -0.1) is 0 Å². The molecule has 2 rings (SSSR count). The van der Waals surface area contributed by atoms with E-state index >= 15 is 0 Å². The van der Waals surface area contributed by atoms with Crippen LogP contribution < -0.4 is 9.62 Å². The highest BCUT2D eigenvalue weighted by Gasteiger charge is 2.28. The van der Waals surface area contributed by atoms with Crippen molar-refractivity contribution in [3.8, 4) is 0 Å². The molecule has 1 N–H and O–H groups in total. The van der Waals surface area contributed by atoms with Crippen molar-refractivity contribution >= 4 is 39.9 Å². The number of nitrogens with one attached hydrogen (secondary N) is 1. The van der Waals surface area contributed by atoms with Crippen LogP contribution in [0.2, 0.25) is 0 Å². The van der Waals surface area contributed by atoms with Crippen molar-refractivity contribution in [3.05, 3.63) is 24.3 Å². The largest absolute Gasteiger partial charge is 0.311 e. The second kappa shape index (κ2) is 4.81. The first-order valence-electron chi connectivity index (χ1n) is 5.41. The Balaban J connectivity index is 2.25. The molecule has 0 spiro atoms. The van der Waals surface area contributed by atoms with Gasteiger partial charge >= 0.3 is 0 Å². The quantitative estimate of drug-likeness (QED) is 0.818. The van der Waals surface area contributed by atoms with Gasteiger partial charge in [0.2, 0.25) is 15.9 Å². The van der Waals surface area contributed by atoms with E-state index in [1.165, 1.54) is 0 Å². The lowest BCUT2D eigenvalue weighted by atomic mass is 10.2. The fourth-order valence-electron chi connectivity index (χ4n) is 1.89. The number of benzene rings is 1. The van der Waals surface area contributed by atoms with Gasteiger partial charge in [0.15, 0.2) is 0 Å². The fourth-order valence-corrected chi connectivity index (χ4v) is 2.76. The molecule has 0 radical (unpaired) electrons. The average Bonchev–Trinajstić information content (AvgIpc) is 2.55. The lowest BCUT2D eigenvalue weighted by Crippen LogP contribution is -2.24. The first-order valence-corrected chi connectivity index (χ1v) is 7.82. The molecule has 1 aromatic rings. The van der Waals surface area contributed by atoms with E-state index in [0.29, 0.717) is 24.3 Å². The standard InChI is InChI=1S/C11H14N2O3S2/c1-18(15,16)12-8-3-2-4-9(5-8)13-7-10(17)6-11(13)14/h2-5,10,12,17H,6-7H2,1H3. The number of thiol groups is 1. The van der Waals surface area contributed by atoms with Crippen LogP contribution in [0.15, 0.2) is 24.3 Å². The third kappa shape index (κ3) is 3.17. The smallest absolute Gasteiger partial charge is 0.229 e. The van der Waals surface area contributed by atoms with E-state index < -0.39 is 10.0 Å². The molecule has 1 aromatic carbocycles. The van der Waals surface area contributed by atoms with E-state index in [4.69, 9.17) is 0 Å². The summed E-state index contributed by atoms with van der Waals surface area (Å²) < 4.78 is 24.7.